The van der Waals surface area contributed by atoms with E-state index in [2.05, 4.69) is 16.9 Å². The molecular weight excluding hydrogens is 408 g/mol. The van der Waals surface area contributed by atoms with Gasteiger partial charge in [-0.1, -0.05) is 25.1 Å². The van der Waals surface area contributed by atoms with Gasteiger partial charge in [-0.3, -0.25) is 9.59 Å². The number of benzene rings is 1. The minimum atomic E-state index is -0.508. The van der Waals surface area contributed by atoms with Crippen molar-refractivity contribution in [3.63, 3.8) is 0 Å². The summed E-state index contributed by atoms with van der Waals surface area (Å²) in [6, 6.07) is 5.14. The fraction of sp³-hybridized carbons (Fsp3) is 0.286. The maximum Gasteiger partial charge on any atom is 0.294 e. The van der Waals surface area contributed by atoms with Crippen LogP contribution >= 0.6 is 11.6 Å². The average Bonchev–Trinajstić information content (AvgIpc) is 3.09. The number of carbonyl (C=O) groups is 2. The predicted octanol–water partition coefficient (Wildman–Crippen LogP) is 3.68. The molecule has 0 radical (unpaired) electrons. The molecule has 0 fully saturated rings. The molecule has 2 rings (SSSR count). The van der Waals surface area contributed by atoms with Crippen molar-refractivity contribution in [1.29, 1.82) is 0 Å². The van der Waals surface area contributed by atoms with E-state index in [0.717, 1.165) is 6.41 Å². The molecule has 0 spiro atoms. The fourth-order valence-corrected chi connectivity index (χ4v) is 2.55. The van der Waals surface area contributed by atoms with Gasteiger partial charge in [-0.15, -0.1) is 0 Å². The third kappa shape index (κ3) is 6.12. The number of amidine groups is 1. The van der Waals surface area contributed by atoms with Gasteiger partial charge in [0, 0.05) is 31.6 Å². The van der Waals surface area contributed by atoms with Crippen molar-refractivity contribution in [2.45, 2.75) is 19.8 Å². The number of nitrogens with zero attached hydrogens (tertiary/aromatic N) is 2. The van der Waals surface area contributed by atoms with Crippen LogP contribution in [0.1, 0.15) is 30.3 Å². The Labute approximate surface area is 180 Å². The molecule has 1 aromatic heterocycles. The minimum Gasteiger partial charge on any atom is -0.494 e. The number of nitrogen functional groups attached to an aromatic ring is 1. The topological polar surface area (TPSA) is 110 Å². The Morgan fingerprint density at radius 1 is 1.47 bits per heavy atom. The van der Waals surface area contributed by atoms with Crippen LogP contribution in [0.2, 0.25) is 0 Å². The van der Waals surface area contributed by atoms with Crippen molar-refractivity contribution < 1.29 is 18.7 Å². The second-order valence-corrected chi connectivity index (χ2v) is 6.83. The number of anilines is 1. The summed E-state index contributed by atoms with van der Waals surface area (Å²) in [6.45, 7) is 6.41. The summed E-state index contributed by atoms with van der Waals surface area (Å²) in [4.78, 5) is 28.9. The van der Waals surface area contributed by atoms with Crippen molar-refractivity contribution in [2.24, 2.45) is 4.99 Å². The Bertz CT molecular complexity index is 981. The molecule has 0 bridgehead atoms. The number of ether oxygens (including phenoxy) is 1. The van der Waals surface area contributed by atoms with Crippen LogP contribution in [0.3, 0.4) is 0 Å². The standard InChI is InChI=1S/C21H25ClN4O4/c1-4-14(22)12-24-18(5-2)25-21(28)20-19(23)16-11-15(7-8-17(16)30-20)29-10-6-9-26(3)13-27/h4,7-8,11-13H,1,5-6,9-10,23H2,2-3H3,(H,24,25,28)/b14-12+. The van der Waals surface area contributed by atoms with E-state index in [4.69, 9.17) is 26.5 Å². The lowest BCUT2D eigenvalue weighted by Gasteiger charge is -2.10. The third-order valence-corrected chi connectivity index (χ3v) is 4.39. The van der Waals surface area contributed by atoms with Crippen LogP contribution < -0.4 is 15.8 Å². The summed E-state index contributed by atoms with van der Waals surface area (Å²) >= 11 is 5.84. The molecule has 3 N–H and O–H groups in total. The first-order valence-corrected chi connectivity index (χ1v) is 9.73. The molecule has 8 nitrogen and oxygen atoms in total. The number of carbonyl (C=O) groups excluding carboxylic acids is 2. The van der Waals surface area contributed by atoms with Crippen molar-refractivity contribution in [3.05, 3.63) is 47.8 Å². The summed E-state index contributed by atoms with van der Waals surface area (Å²) in [5.74, 6) is 0.487. The first kappa shape index (κ1) is 23.0. The second-order valence-electron chi connectivity index (χ2n) is 6.39. The maximum atomic E-state index is 12.6. The van der Waals surface area contributed by atoms with Gasteiger partial charge in [-0.2, -0.15) is 0 Å². The van der Waals surface area contributed by atoms with Crippen molar-refractivity contribution in [3.8, 4) is 5.75 Å². The largest absolute Gasteiger partial charge is 0.494 e. The normalized spacial score (nSPS) is 12.0. The van der Waals surface area contributed by atoms with Gasteiger partial charge in [0.2, 0.25) is 12.2 Å². The number of fused-ring (bicyclic) bond motifs is 1. The Morgan fingerprint density at radius 2 is 2.23 bits per heavy atom. The van der Waals surface area contributed by atoms with E-state index in [1.165, 1.54) is 12.3 Å². The van der Waals surface area contributed by atoms with Crippen LogP contribution in [-0.4, -0.2) is 43.3 Å². The van der Waals surface area contributed by atoms with Crippen LogP contribution in [0.4, 0.5) is 5.69 Å². The number of furan rings is 1. The molecule has 0 saturated heterocycles. The number of hydrogen-bond acceptors (Lipinski definition) is 6. The van der Waals surface area contributed by atoms with E-state index in [1.54, 1.807) is 30.1 Å². The molecule has 30 heavy (non-hydrogen) atoms. The molecule has 9 heteroatoms. The molecule has 2 aromatic rings. The number of halogens is 1. The quantitative estimate of drug-likeness (QED) is 0.195. The smallest absolute Gasteiger partial charge is 0.294 e. The lowest BCUT2D eigenvalue weighted by atomic mass is 10.2. The van der Waals surface area contributed by atoms with Gasteiger partial charge >= 0.3 is 0 Å². The first-order valence-electron chi connectivity index (χ1n) is 9.36. The molecule has 0 aliphatic rings. The Morgan fingerprint density at radius 3 is 2.90 bits per heavy atom. The highest BCUT2D eigenvalue weighted by atomic mass is 35.5. The number of aliphatic imine (C=N–C) groups is 1. The number of nitrogens with one attached hydrogen (secondary N) is 1. The van der Waals surface area contributed by atoms with Crippen molar-refractivity contribution in [2.75, 3.05) is 25.9 Å². The molecule has 1 aromatic carbocycles. The molecule has 2 amide bonds. The van der Waals surface area contributed by atoms with Gasteiger partial charge < -0.3 is 25.1 Å². The monoisotopic (exact) mass is 432 g/mol. The fourth-order valence-electron chi connectivity index (χ4n) is 2.50. The molecule has 0 aliphatic carbocycles. The molecule has 0 atom stereocenters. The van der Waals surface area contributed by atoms with Crippen LogP contribution in [0, 0.1) is 0 Å². The van der Waals surface area contributed by atoms with Crippen LogP contribution in [0.5, 0.6) is 5.75 Å². The Kier molecular flexibility index (Phi) is 8.49. The molecule has 160 valence electrons. The number of nitrogens with two attached hydrogens (primary N) is 1. The zero-order chi connectivity index (χ0) is 22.1. The number of hydrogen-bond donors (Lipinski definition) is 2. The summed E-state index contributed by atoms with van der Waals surface area (Å²) in [5, 5.41) is 3.60. The number of allylic oxidation sites excluding steroid dienone is 2. The lowest BCUT2D eigenvalue weighted by Crippen LogP contribution is -2.30. The van der Waals surface area contributed by atoms with Crippen LogP contribution in [0.15, 0.2) is 51.5 Å². The lowest BCUT2D eigenvalue weighted by molar-refractivity contribution is -0.117. The van der Waals surface area contributed by atoms with Gasteiger partial charge in [0.15, 0.2) is 0 Å². The average molecular weight is 433 g/mol. The SMILES string of the molecule is C=C/C(Cl)=C\N=C(CC)NC(=O)c1oc2ccc(OCCCN(C)C=O)cc2c1N. The van der Waals surface area contributed by atoms with Gasteiger partial charge in [0.05, 0.1) is 17.3 Å². The Balaban J connectivity index is 2.13. The van der Waals surface area contributed by atoms with Crippen LogP contribution in [0.25, 0.3) is 11.0 Å². The molecule has 1 heterocycles. The number of amides is 2. The zero-order valence-corrected chi connectivity index (χ0v) is 17.7. The highest BCUT2D eigenvalue weighted by molar-refractivity contribution is 6.31. The van der Waals surface area contributed by atoms with E-state index in [9.17, 15) is 9.59 Å². The second kappa shape index (κ2) is 11.1. The Hall–Kier alpha value is -3.26. The van der Waals surface area contributed by atoms with Gasteiger partial charge in [-0.25, -0.2) is 4.99 Å². The first-order chi connectivity index (χ1) is 14.4. The summed E-state index contributed by atoms with van der Waals surface area (Å²) in [7, 11) is 1.71. The highest BCUT2D eigenvalue weighted by Crippen LogP contribution is 2.31. The third-order valence-electron chi connectivity index (χ3n) is 4.14. The number of rotatable bonds is 10. The zero-order valence-electron chi connectivity index (χ0n) is 17.0. The molecular formula is C21H25ClN4O4. The maximum absolute atomic E-state index is 12.6. The van der Waals surface area contributed by atoms with E-state index in [-0.39, 0.29) is 11.4 Å². The van der Waals surface area contributed by atoms with E-state index in [1.807, 2.05) is 6.92 Å². The molecule has 0 saturated carbocycles. The van der Waals surface area contributed by atoms with Gasteiger partial charge in [-0.05, 0) is 30.7 Å². The van der Waals surface area contributed by atoms with Gasteiger partial charge in [0.1, 0.15) is 17.2 Å². The molecule has 0 unspecified atom stereocenters. The van der Waals surface area contributed by atoms with E-state index < -0.39 is 5.91 Å². The highest BCUT2D eigenvalue weighted by Gasteiger charge is 2.20. The van der Waals surface area contributed by atoms with Crippen LogP contribution in [-0.2, 0) is 4.79 Å². The van der Waals surface area contributed by atoms with E-state index in [0.29, 0.717) is 53.6 Å². The minimum absolute atomic E-state index is 0.00490. The summed E-state index contributed by atoms with van der Waals surface area (Å²) in [5.41, 5.74) is 6.82. The van der Waals surface area contributed by atoms with Crippen molar-refractivity contribution in [1.82, 2.24) is 10.2 Å². The molecule has 0 aliphatic heterocycles. The summed E-state index contributed by atoms with van der Waals surface area (Å²) < 4.78 is 11.3. The van der Waals surface area contributed by atoms with E-state index >= 15 is 0 Å². The van der Waals surface area contributed by atoms with Gasteiger partial charge in [0.25, 0.3) is 5.91 Å². The summed E-state index contributed by atoms with van der Waals surface area (Å²) in [6.07, 6.45) is 4.76. The van der Waals surface area contributed by atoms with Crippen molar-refractivity contribution >= 4 is 46.4 Å². The predicted molar refractivity (Wildman–Crippen MR) is 119 cm³/mol.